The summed E-state index contributed by atoms with van der Waals surface area (Å²) in [6.45, 7) is 1.88. The first-order valence-electron chi connectivity index (χ1n) is 7.80. The Kier molecular flexibility index (Phi) is 4.15. The van der Waals surface area contributed by atoms with E-state index < -0.39 is 0 Å². The van der Waals surface area contributed by atoms with E-state index in [4.69, 9.17) is 8.83 Å². The number of hydrogen-bond acceptors (Lipinski definition) is 6. The lowest BCUT2D eigenvalue weighted by molar-refractivity contribution is -0.119. The molecule has 4 aromatic rings. The van der Waals surface area contributed by atoms with E-state index >= 15 is 0 Å². The van der Waals surface area contributed by atoms with Gasteiger partial charge in [-0.2, -0.15) is 0 Å². The molecule has 3 aromatic heterocycles. The van der Waals surface area contributed by atoms with E-state index in [1.54, 1.807) is 12.3 Å². The molecule has 0 radical (unpaired) electrons. The summed E-state index contributed by atoms with van der Waals surface area (Å²) in [5.41, 5.74) is 2.13. The molecule has 25 heavy (non-hydrogen) atoms. The van der Waals surface area contributed by atoms with Crippen molar-refractivity contribution in [3.63, 3.8) is 0 Å². The van der Waals surface area contributed by atoms with Gasteiger partial charge in [0.1, 0.15) is 28.2 Å². The van der Waals surface area contributed by atoms with Crippen molar-refractivity contribution in [2.45, 2.75) is 18.0 Å². The lowest BCUT2D eigenvalue weighted by Crippen LogP contribution is -2.27. The van der Waals surface area contributed by atoms with Crippen LogP contribution in [0, 0.1) is 0 Å². The second kappa shape index (κ2) is 6.60. The predicted octanol–water partition coefficient (Wildman–Crippen LogP) is 3.94. The normalized spacial score (nSPS) is 12.5. The molecule has 1 amide bonds. The molecule has 4 rings (SSSR count). The first-order valence-corrected chi connectivity index (χ1v) is 8.79. The second-order valence-corrected chi connectivity index (χ2v) is 6.51. The van der Waals surface area contributed by atoms with Gasteiger partial charge in [0.25, 0.3) is 0 Å². The molecule has 3 heterocycles. The van der Waals surface area contributed by atoms with Gasteiger partial charge in [-0.05, 0) is 31.2 Å². The number of furan rings is 2. The van der Waals surface area contributed by atoms with Gasteiger partial charge >= 0.3 is 0 Å². The number of benzene rings is 1. The molecule has 1 aromatic carbocycles. The lowest BCUT2D eigenvalue weighted by Gasteiger charge is -2.10. The molecule has 0 aliphatic carbocycles. The summed E-state index contributed by atoms with van der Waals surface area (Å²) in [7, 11) is 0. The Hall–Kier alpha value is -2.80. The van der Waals surface area contributed by atoms with Crippen molar-refractivity contribution in [1.29, 1.82) is 0 Å². The zero-order valence-corrected chi connectivity index (χ0v) is 14.2. The molecule has 0 spiro atoms. The van der Waals surface area contributed by atoms with Crippen LogP contribution in [-0.4, -0.2) is 21.6 Å². The molecular weight excluding hydrogens is 338 g/mol. The van der Waals surface area contributed by atoms with Crippen molar-refractivity contribution >= 4 is 39.7 Å². The zero-order valence-electron chi connectivity index (χ0n) is 13.4. The topological polar surface area (TPSA) is 81.2 Å². The van der Waals surface area contributed by atoms with Crippen molar-refractivity contribution in [3.05, 3.63) is 54.7 Å². The quantitative estimate of drug-likeness (QED) is 0.432. The first-order chi connectivity index (χ1) is 12.2. The summed E-state index contributed by atoms with van der Waals surface area (Å²) in [6.07, 6.45) is 3.09. The molecule has 0 saturated carbocycles. The highest BCUT2D eigenvalue weighted by Gasteiger charge is 2.16. The third-order valence-electron chi connectivity index (χ3n) is 3.81. The third kappa shape index (κ3) is 3.10. The lowest BCUT2D eigenvalue weighted by atomic mass is 10.2. The summed E-state index contributed by atoms with van der Waals surface area (Å²) in [4.78, 5) is 20.8. The minimum Gasteiger partial charge on any atom is -0.467 e. The summed E-state index contributed by atoms with van der Waals surface area (Å²) in [5, 5.41) is 4.50. The van der Waals surface area contributed by atoms with Crippen LogP contribution in [0.3, 0.4) is 0 Å². The summed E-state index contributed by atoms with van der Waals surface area (Å²) >= 11 is 1.32. The fraction of sp³-hybridized carbons (Fsp3) is 0.167. The van der Waals surface area contributed by atoms with Crippen LogP contribution < -0.4 is 5.32 Å². The first kappa shape index (κ1) is 15.7. The standard InChI is InChI=1S/C18H15N3O3S/c1-11(13-7-4-8-23-13)21-15(22)9-25-18-17-16(19-10-20-18)12-5-2-3-6-14(12)24-17/h2-8,10-11H,9H2,1H3,(H,21,22). The van der Waals surface area contributed by atoms with E-state index in [0.717, 1.165) is 22.2 Å². The van der Waals surface area contributed by atoms with E-state index in [-0.39, 0.29) is 17.7 Å². The van der Waals surface area contributed by atoms with Gasteiger partial charge in [-0.3, -0.25) is 4.79 Å². The molecule has 1 N–H and O–H groups in total. The molecule has 0 bridgehead atoms. The second-order valence-electron chi connectivity index (χ2n) is 5.55. The maximum atomic E-state index is 12.2. The molecule has 0 aliphatic heterocycles. The van der Waals surface area contributed by atoms with Gasteiger partial charge in [0.2, 0.25) is 5.91 Å². The highest BCUT2D eigenvalue weighted by atomic mass is 32.2. The molecule has 1 unspecified atom stereocenters. The van der Waals surface area contributed by atoms with Crippen molar-refractivity contribution < 1.29 is 13.6 Å². The Labute approximate surface area is 147 Å². The fourth-order valence-electron chi connectivity index (χ4n) is 2.63. The van der Waals surface area contributed by atoms with Gasteiger partial charge in [0, 0.05) is 5.39 Å². The molecule has 0 saturated heterocycles. The van der Waals surface area contributed by atoms with Crippen molar-refractivity contribution in [2.75, 3.05) is 5.75 Å². The third-order valence-corrected chi connectivity index (χ3v) is 4.78. The molecule has 7 heteroatoms. The molecular formula is C18H15N3O3S. The Balaban J connectivity index is 1.50. The van der Waals surface area contributed by atoms with Crippen LogP contribution in [0.2, 0.25) is 0 Å². The average molecular weight is 353 g/mol. The maximum Gasteiger partial charge on any atom is 0.231 e. The van der Waals surface area contributed by atoms with E-state index in [2.05, 4.69) is 15.3 Å². The molecule has 6 nitrogen and oxygen atoms in total. The number of amides is 1. The van der Waals surface area contributed by atoms with Crippen LogP contribution in [0.4, 0.5) is 0 Å². The van der Waals surface area contributed by atoms with E-state index in [9.17, 15) is 4.79 Å². The van der Waals surface area contributed by atoms with Crippen molar-refractivity contribution in [1.82, 2.24) is 15.3 Å². The van der Waals surface area contributed by atoms with Crippen LogP contribution in [0.25, 0.3) is 22.1 Å². The SMILES string of the molecule is CC(NC(=O)CSc1ncnc2c1oc1ccccc12)c1ccco1. The molecule has 0 fully saturated rings. The number of fused-ring (bicyclic) bond motifs is 3. The number of carbonyl (C=O) groups excluding carboxylic acids is 1. The molecule has 1 atom stereocenters. The van der Waals surface area contributed by atoms with Crippen LogP contribution >= 0.6 is 11.8 Å². The molecule has 126 valence electrons. The minimum atomic E-state index is -0.181. The number of thioether (sulfide) groups is 1. The number of rotatable bonds is 5. The Bertz CT molecular complexity index is 1030. The number of aromatic nitrogens is 2. The minimum absolute atomic E-state index is 0.100. The zero-order chi connectivity index (χ0) is 17.2. The van der Waals surface area contributed by atoms with E-state index in [1.807, 2.05) is 37.3 Å². The van der Waals surface area contributed by atoms with Gasteiger partial charge in [0.05, 0.1) is 18.1 Å². The van der Waals surface area contributed by atoms with Crippen molar-refractivity contribution in [3.8, 4) is 0 Å². The number of carbonyl (C=O) groups is 1. The fourth-order valence-corrected chi connectivity index (χ4v) is 3.37. The Morgan fingerprint density at radius 3 is 2.96 bits per heavy atom. The van der Waals surface area contributed by atoms with Crippen LogP contribution in [0.15, 0.2) is 62.8 Å². The van der Waals surface area contributed by atoms with Gasteiger partial charge in [0.15, 0.2) is 5.58 Å². The predicted molar refractivity (Wildman–Crippen MR) is 95.3 cm³/mol. The summed E-state index contributed by atoms with van der Waals surface area (Å²) < 4.78 is 11.2. The highest BCUT2D eigenvalue weighted by molar-refractivity contribution is 8.00. The van der Waals surface area contributed by atoms with Crippen LogP contribution in [-0.2, 0) is 4.79 Å². The molecule has 0 aliphatic rings. The average Bonchev–Trinajstić information content (AvgIpc) is 3.28. The van der Waals surface area contributed by atoms with Crippen LogP contribution in [0.1, 0.15) is 18.7 Å². The van der Waals surface area contributed by atoms with Gasteiger partial charge in [-0.25, -0.2) is 9.97 Å². The summed E-state index contributed by atoms with van der Waals surface area (Å²) in [5.74, 6) is 0.852. The van der Waals surface area contributed by atoms with E-state index in [1.165, 1.54) is 18.1 Å². The Morgan fingerprint density at radius 2 is 2.12 bits per heavy atom. The number of nitrogens with zero attached hydrogens (tertiary/aromatic N) is 2. The number of hydrogen-bond donors (Lipinski definition) is 1. The van der Waals surface area contributed by atoms with Gasteiger partial charge < -0.3 is 14.2 Å². The number of nitrogens with one attached hydrogen (secondary N) is 1. The largest absolute Gasteiger partial charge is 0.467 e. The maximum absolute atomic E-state index is 12.2. The monoisotopic (exact) mass is 353 g/mol. The van der Waals surface area contributed by atoms with Gasteiger partial charge in [-0.15, -0.1) is 0 Å². The van der Waals surface area contributed by atoms with Crippen LogP contribution in [0.5, 0.6) is 0 Å². The smallest absolute Gasteiger partial charge is 0.231 e. The summed E-state index contributed by atoms with van der Waals surface area (Å²) in [6, 6.07) is 11.2. The number of para-hydroxylation sites is 1. The highest BCUT2D eigenvalue weighted by Crippen LogP contribution is 2.32. The Morgan fingerprint density at radius 1 is 1.24 bits per heavy atom. The van der Waals surface area contributed by atoms with E-state index in [0.29, 0.717) is 10.6 Å². The van der Waals surface area contributed by atoms with Gasteiger partial charge in [-0.1, -0.05) is 23.9 Å². The van der Waals surface area contributed by atoms with Crippen molar-refractivity contribution in [2.24, 2.45) is 0 Å².